The minimum Gasteiger partial charge on any atom is -0.335 e. The minimum atomic E-state index is -0.340. The maximum atomic E-state index is 12.8. The Balaban J connectivity index is 1.85. The van der Waals surface area contributed by atoms with E-state index in [2.05, 4.69) is 15.3 Å². The number of benzene rings is 1. The van der Waals surface area contributed by atoms with Crippen molar-refractivity contribution >= 4 is 22.6 Å². The number of fused-ring (bicyclic) bond motifs is 1. The van der Waals surface area contributed by atoms with Gasteiger partial charge in [-0.1, -0.05) is 0 Å². The van der Waals surface area contributed by atoms with Crippen LogP contribution < -0.4 is 5.32 Å². The molecule has 0 aliphatic rings. The first-order chi connectivity index (χ1) is 9.22. The van der Waals surface area contributed by atoms with Gasteiger partial charge < -0.3 is 10.3 Å². The molecule has 0 aliphatic heterocycles. The summed E-state index contributed by atoms with van der Waals surface area (Å²) in [5, 5.41) is 3.55. The number of carbonyl (C=O) groups excluding carboxylic acids is 1. The average molecular weight is 255 g/mol. The van der Waals surface area contributed by atoms with E-state index < -0.39 is 0 Å². The number of anilines is 1. The van der Waals surface area contributed by atoms with Crippen LogP contribution in [0.15, 0.2) is 48.7 Å². The lowest BCUT2D eigenvalue weighted by Crippen LogP contribution is -2.12. The first-order valence-electron chi connectivity index (χ1n) is 5.73. The molecule has 3 aromatic rings. The molecule has 19 heavy (non-hydrogen) atoms. The molecule has 0 fully saturated rings. The van der Waals surface area contributed by atoms with E-state index in [4.69, 9.17) is 0 Å². The molecule has 3 rings (SSSR count). The molecule has 0 radical (unpaired) electrons. The second-order valence-corrected chi connectivity index (χ2v) is 4.09. The smallest absolute Gasteiger partial charge is 0.272 e. The normalized spacial score (nSPS) is 10.6. The van der Waals surface area contributed by atoms with Crippen molar-refractivity contribution in [3.63, 3.8) is 0 Å². The largest absolute Gasteiger partial charge is 0.335 e. The highest BCUT2D eigenvalue weighted by molar-refractivity contribution is 6.05. The lowest BCUT2D eigenvalue weighted by molar-refractivity contribution is 0.102. The van der Waals surface area contributed by atoms with Crippen molar-refractivity contribution < 1.29 is 9.18 Å². The highest BCUT2D eigenvalue weighted by atomic mass is 19.1. The van der Waals surface area contributed by atoms with Gasteiger partial charge in [0.2, 0.25) is 0 Å². The van der Waals surface area contributed by atoms with Crippen LogP contribution in [0.4, 0.5) is 10.1 Å². The van der Waals surface area contributed by atoms with Crippen LogP contribution in [0.5, 0.6) is 0 Å². The highest BCUT2D eigenvalue weighted by Crippen LogP contribution is 2.14. The molecule has 1 aromatic carbocycles. The van der Waals surface area contributed by atoms with Crippen LogP contribution in [-0.4, -0.2) is 15.9 Å². The molecule has 0 atom stereocenters. The number of aromatic amines is 1. The summed E-state index contributed by atoms with van der Waals surface area (Å²) in [6.45, 7) is 0. The van der Waals surface area contributed by atoms with E-state index in [1.807, 2.05) is 6.07 Å². The second-order valence-electron chi connectivity index (χ2n) is 4.09. The van der Waals surface area contributed by atoms with E-state index in [9.17, 15) is 9.18 Å². The van der Waals surface area contributed by atoms with Crippen molar-refractivity contribution in [2.45, 2.75) is 0 Å². The quantitative estimate of drug-likeness (QED) is 0.739. The Labute approximate surface area is 108 Å². The summed E-state index contributed by atoms with van der Waals surface area (Å²) in [5.41, 5.74) is 1.61. The summed E-state index contributed by atoms with van der Waals surface area (Å²) in [4.78, 5) is 19.1. The monoisotopic (exact) mass is 255 g/mol. The predicted octanol–water partition coefficient (Wildman–Crippen LogP) is 2.95. The Morgan fingerprint density at radius 2 is 2.00 bits per heavy atom. The number of carbonyl (C=O) groups is 1. The number of rotatable bonds is 2. The number of H-pyrrole nitrogens is 1. The van der Waals surface area contributed by atoms with Gasteiger partial charge in [0.1, 0.15) is 17.2 Å². The molecule has 0 saturated heterocycles. The molecule has 2 aromatic heterocycles. The maximum absolute atomic E-state index is 12.8. The number of amides is 1. The molecule has 0 spiro atoms. The van der Waals surface area contributed by atoms with Gasteiger partial charge in [0, 0.05) is 17.3 Å². The number of hydrogen-bond acceptors (Lipinski definition) is 2. The van der Waals surface area contributed by atoms with Gasteiger partial charge in [-0.15, -0.1) is 0 Å². The highest BCUT2D eigenvalue weighted by Gasteiger charge is 2.10. The maximum Gasteiger partial charge on any atom is 0.272 e. The van der Waals surface area contributed by atoms with Crippen LogP contribution in [0.1, 0.15) is 10.5 Å². The summed E-state index contributed by atoms with van der Waals surface area (Å²) in [5.74, 6) is -0.627. The molecule has 2 heterocycles. The first-order valence-corrected chi connectivity index (χ1v) is 5.73. The van der Waals surface area contributed by atoms with Crippen LogP contribution >= 0.6 is 0 Å². The summed E-state index contributed by atoms with van der Waals surface area (Å²) in [6, 6.07) is 11.0. The third kappa shape index (κ3) is 2.30. The van der Waals surface area contributed by atoms with E-state index >= 15 is 0 Å². The minimum absolute atomic E-state index is 0.287. The molecule has 0 unspecified atom stereocenters. The van der Waals surface area contributed by atoms with Crippen molar-refractivity contribution in [3.05, 3.63) is 60.2 Å². The zero-order valence-corrected chi connectivity index (χ0v) is 9.85. The van der Waals surface area contributed by atoms with Crippen molar-refractivity contribution in [2.24, 2.45) is 0 Å². The third-order valence-electron chi connectivity index (χ3n) is 2.74. The van der Waals surface area contributed by atoms with E-state index in [1.54, 1.807) is 18.3 Å². The first kappa shape index (κ1) is 11.4. The predicted molar refractivity (Wildman–Crippen MR) is 70.4 cm³/mol. The van der Waals surface area contributed by atoms with Gasteiger partial charge in [0.05, 0.1) is 0 Å². The van der Waals surface area contributed by atoms with E-state index in [0.717, 1.165) is 5.39 Å². The number of hydrogen-bond donors (Lipinski definition) is 2. The van der Waals surface area contributed by atoms with Gasteiger partial charge in [-0.3, -0.25) is 4.79 Å². The molecular formula is C14H10FN3O. The molecular weight excluding hydrogens is 245 g/mol. The summed E-state index contributed by atoms with van der Waals surface area (Å²) in [7, 11) is 0. The summed E-state index contributed by atoms with van der Waals surface area (Å²) < 4.78 is 12.8. The zero-order valence-electron chi connectivity index (χ0n) is 9.85. The summed E-state index contributed by atoms with van der Waals surface area (Å²) >= 11 is 0. The lowest BCUT2D eigenvalue weighted by Gasteiger charge is -2.02. The number of nitrogens with one attached hydrogen (secondary N) is 2. The van der Waals surface area contributed by atoms with Crippen LogP contribution in [0, 0.1) is 5.82 Å². The van der Waals surface area contributed by atoms with Crippen molar-refractivity contribution in [1.29, 1.82) is 0 Å². The Kier molecular flexibility index (Phi) is 2.72. The van der Waals surface area contributed by atoms with Gasteiger partial charge in [-0.05, 0) is 42.5 Å². The van der Waals surface area contributed by atoms with Crippen molar-refractivity contribution in [2.75, 3.05) is 5.32 Å². The number of pyridine rings is 1. The fraction of sp³-hybridized carbons (Fsp3) is 0. The van der Waals surface area contributed by atoms with Gasteiger partial charge in [-0.2, -0.15) is 0 Å². The Morgan fingerprint density at radius 3 is 2.74 bits per heavy atom. The van der Waals surface area contributed by atoms with Crippen LogP contribution in [0.25, 0.3) is 11.0 Å². The Hall–Kier alpha value is -2.69. The van der Waals surface area contributed by atoms with Crippen LogP contribution in [-0.2, 0) is 0 Å². The van der Waals surface area contributed by atoms with Crippen molar-refractivity contribution in [1.82, 2.24) is 9.97 Å². The van der Waals surface area contributed by atoms with E-state index in [-0.39, 0.29) is 11.7 Å². The van der Waals surface area contributed by atoms with E-state index in [0.29, 0.717) is 17.0 Å². The van der Waals surface area contributed by atoms with Gasteiger partial charge in [0.25, 0.3) is 5.91 Å². The molecule has 4 nitrogen and oxygen atoms in total. The number of aromatic nitrogens is 2. The second kappa shape index (κ2) is 4.53. The van der Waals surface area contributed by atoms with Gasteiger partial charge in [-0.25, -0.2) is 9.37 Å². The molecule has 94 valence electrons. The molecule has 1 amide bonds. The fourth-order valence-electron chi connectivity index (χ4n) is 1.81. The van der Waals surface area contributed by atoms with Crippen LogP contribution in [0.3, 0.4) is 0 Å². The van der Waals surface area contributed by atoms with Gasteiger partial charge in [0.15, 0.2) is 0 Å². The zero-order chi connectivity index (χ0) is 13.2. The SMILES string of the molecule is O=C(Nc1ccc(F)cc1)c1cc2cccnc2[nH]1. The molecule has 0 saturated carbocycles. The topological polar surface area (TPSA) is 57.8 Å². The Bertz CT molecular complexity index is 701. The number of halogens is 1. The van der Waals surface area contributed by atoms with Crippen molar-refractivity contribution in [3.8, 4) is 0 Å². The Morgan fingerprint density at radius 1 is 1.21 bits per heavy atom. The molecule has 0 bridgehead atoms. The van der Waals surface area contributed by atoms with Crippen LogP contribution in [0.2, 0.25) is 0 Å². The van der Waals surface area contributed by atoms with E-state index in [1.165, 1.54) is 24.3 Å². The third-order valence-corrected chi connectivity index (χ3v) is 2.74. The number of nitrogens with zero attached hydrogens (tertiary/aromatic N) is 1. The summed E-state index contributed by atoms with van der Waals surface area (Å²) in [6.07, 6.45) is 1.65. The lowest BCUT2D eigenvalue weighted by atomic mass is 10.3. The molecule has 2 N–H and O–H groups in total. The fourth-order valence-corrected chi connectivity index (χ4v) is 1.81. The standard InChI is InChI=1S/C14H10FN3O/c15-10-3-5-11(6-4-10)17-14(19)12-8-9-2-1-7-16-13(9)18-12/h1-8H,(H,16,18)(H,17,19). The average Bonchev–Trinajstić information content (AvgIpc) is 2.85. The van der Waals surface area contributed by atoms with Gasteiger partial charge >= 0.3 is 0 Å². The molecule has 0 aliphatic carbocycles. The molecule has 5 heteroatoms.